The van der Waals surface area contributed by atoms with Crippen LogP contribution in [-0.2, 0) is 4.79 Å². The Morgan fingerprint density at radius 1 is 1.07 bits per heavy atom. The van der Waals surface area contributed by atoms with Gasteiger partial charge in [-0.1, -0.05) is 12.8 Å². The average Bonchev–Trinajstić information content (AvgIpc) is 2.59. The van der Waals surface area contributed by atoms with Crippen molar-refractivity contribution in [3.63, 3.8) is 0 Å². The smallest absolute Gasteiger partial charge is 0.239 e. The van der Waals surface area contributed by atoms with E-state index in [0.29, 0.717) is 5.91 Å². The van der Waals surface area contributed by atoms with Crippen molar-refractivity contribution in [2.75, 3.05) is 19.6 Å². The summed E-state index contributed by atoms with van der Waals surface area (Å²) in [5.74, 6) is 0.351. The van der Waals surface area contributed by atoms with Gasteiger partial charge < -0.3 is 10.2 Å². The monoisotopic (exact) mass is 196 g/mol. The highest BCUT2D eigenvalue weighted by Gasteiger charge is 2.26. The summed E-state index contributed by atoms with van der Waals surface area (Å²) < 4.78 is 0. The molecule has 2 aliphatic heterocycles. The maximum absolute atomic E-state index is 12.0. The zero-order valence-corrected chi connectivity index (χ0v) is 8.80. The van der Waals surface area contributed by atoms with Crippen LogP contribution in [0, 0.1) is 0 Å². The third-order valence-corrected chi connectivity index (χ3v) is 3.28. The van der Waals surface area contributed by atoms with Crippen molar-refractivity contribution in [2.24, 2.45) is 0 Å². The minimum Gasteiger partial charge on any atom is -0.341 e. The van der Waals surface area contributed by atoms with Crippen LogP contribution in [0.25, 0.3) is 0 Å². The van der Waals surface area contributed by atoms with Crippen LogP contribution in [0.2, 0.25) is 0 Å². The maximum atomic E-state index is 12.0. The van der Waals surface area contributed by atoms with Crippen LogP contribution >= 0.6 is 0 Å². The molecule has 0 aromatic carbocycles. The standard InChI is InChI=1S/C11H20N2O/c14-11(13-8-4-5-9-13)10-6-2-1-3-7-12-10/h10,12H,1-9H2. The number of likely N-dealkylation sites (tertiary alicyclic amines) is 1. The van der Waals surface area contributed by atoms with E-state index in [2.05, 4.69) is 5.32 Å². The number of nitrogens with zero attached hydrogens (tertiary/aromatic N) is 1. The van der Waals surface area contributed by atoms with Gasteiger partial charge in [-0.3, -0.25) is 4.79 Å². The van der Waals surface area contributed by atoms with Crippen molar-refractivity contribution in [2.45, 2.75) is 44.6 Å². The second-order valence-corrected chi connectivity index (χ2v) is 4.39. The van der Waals surface area contributed by atoms with Gasteiger partial charge in [-0.25, -0.2) is 0 Å². The highest BCUT2D eigenvalue weighted by molar-refractivity contribution is 5.82. The van der Waals surface area contributed by atoms with Crippen LogP contribution in [-0.4, -0.2) is 36.5 Å². The molecule has 0 radical (unpaired) electrons. The fourth-order valence-electron chi connectivity index (χ4n) is 2.40. The molecule has 14 heavy (non-hydrogen) atoms. The van der Waals surface area contributed by atoms with Crippen molar-refractivity contribution < 1.29 is 4.79 Å². The highest BCUT2D eigenvalue weighted by Crippen LogP contribution is 2.14. The third kappa shape index (κ3) is 2.27. The summed E-state index contributed by atoms with van der Waals surface area (Å²) in [4.78, 5) is 14.0. The Labute approximate surface area is 85.8 Å². The van der Waals surface area contributed by atoms with Gasteiger partial charge in [-0.2, -0.15) is 0 Å². The Morgan fingerprint density at radius 2 is 1.86 bits per heavy atom. The molecule has 0 aromatic rings. The summed E-state index contributed by atoms with van der Waals surface area (Å²) in [5.41, 5.74) is 0. The molecule has 0 spiro atoms. The zero-order valence-electron chi connectivity index (χ0n) is 8.80. The van der Waals surface area contributed by atoms with Crippen molar-refractivity contribution in [3.8, 4) is 0 Å². The molecule has 3 heteroatoms. The topological polar surface area (TPSA) is 32.3 Å². The lowest BCUT2D eigenvalue weighted by atomic mass is 10.1. The minimum absolute atomic E-state index is 0.121. The fraction of sp³-hybridized carbons (Fsp3) is 0.909. The Kier molecular flexibility index (Phi) is 3.40. The van der Waals surface area contributed by atoms with Gasteiger partial charge in [0.2, 0.25) is 5.91 Å². The molecular formula is C11H20N2O. The van der Waals surface area contributed by atoms with Crippen molar-refractivity contribution >= 4 is 5.91 Å². The molecule has 0 aromatic heterocycles. The Bertz CT molecular complexity index is 191. The molecule has 0 aliphatic carbocycles. The number of nitrogens with one attached hydrogen (secondary N) is 1. The van der Waals surface area contributed by atoms with Crippen LogP contribution < -0.4 is 5.32 Å². The summed E-state index contributed by atoms with van der Waals surface area (Å²) in [7, 11) is 0. The van der Waals surface area contributed by atoms with E-state index in [0.717, 1.165) is 26.1 Å². The molecule has 1 amide bonds. The molecule has 0 saturated carbocycles. The summed E-state index contributed by atoms with van der Waals surface area (Å²) in [5, 5.41) is 3.37. The Morgan fingerprint density at radius 3 is 2.64 bits per heavy atom. The van der Waals surface area contributed by atoms with E-state index in [-0.39, 0.29) is 6.04 Å². The van der Waals surface area contributed by atoms with Crippen molar-refractivity contribution in [1.29, 1.82) is 0 Å². The van der Waals surface area contributed by atoms with Gasteiger partial charge in [0, 0.05) is 13.1 Å². The molecule has 1 atom stereocenters. The first-order chi connectivity index (χ1) is 6.88. The van der Waals surface area contributed by atoms with Crippen LogP contribution in [0.4, 0.5) is 0 Å². The summed E-state index contributed by atoms with van der Waals surface area (Å²) in [6.07, 6.45) is 7.13. The van der Waals surface area contributed by atoms with E-state index in [4.69, 9.17) is 0 Å². The predicted molar refractivity (Wildman–Crippen MR) is 56.1 cm³/mol. The molecule has 2 heterocycles. The average molecular weight is 196 g/mol. The molecule has 80 valence electrons. The SMILES string of the molecule is O=C(C1CCCCCN1)N1CCCC1. The van der Waals surface area contributed by atoms with Gasteiger partial charge in [0.25, 0.3) is 0 Å². The highest BCUT2D eigenvalue weighted by atomic mass is 16.2. The lowest BCUT2D eigenvalue weighted by Crippen LogP contribution is -2.45. The number of hydrogen-bond acceptors (Lipinski definition) is 2. The number of hydrogen-bond donors (Lipinski definition) is 1. The summed E-state index contributed by atoms with van der Waals surface area (Å²) in [6.45, 7) is 2.98. The quantitative estimate of drug-likeness (QED) is 0.682. The maximum Gasteiger partial charge on any atom is 0.239 e. The Hall–Kier alpha value is -0.570. The number of rotatable bonds is 1. The van der Waals surface area contributed by atoms with E-state index in [9.17, 15) is 4.79 Å². The molecule has 2 aliphatic rings. The summed E-state index contributed by atoms with van der Waals surface area (Å²) in [6, 6.07) is 0.121. The zero-order chi connectivity index (χ0) is 9.80. The first kappa shape index (κ1) is 9.97. The van der Waals surface area contributed by atoms with Crippen LogP contribution in [0.5, 0.6) is 0 Å². The number of carbonyl (C=O) groups is 1. The largest absolute Gasteiger partial charge is 0.341 e. The molecule has 3 nitrogen and oxygen atoms in total. The molecule has 0 bridgehead atoms. The van der Waals surface area contributed by atoms with Gasteiger partial charge in [-0.15, -0.1) is 0 Å². The van der Waals surface area contributed by atoms with Gasteiger partial charge in [0.15, 0.2) is 0 Å². The molecule has 2 saturated heterocycles. The third-order valence-electron chi connectivity index (χ3n) is 3.28. The molecule has 2 rings (SSSR count). The van der Waals surface area contributed by atoms with E-state index < -0.39 is 0 Å². The second kappa shape index (κ2) is 4.78. The Balaban J connectivity index is 1.88. The summed E-state index contributed by atoms with van der Waals surface area (Å²) >= 11 is 0. The molecule has 2 fully saturated rings. The van der Waals surface area contributed by atoms with Gasteiger partial charge >= 0.3 is 0 Å². The van der Waals surface area contributed by atoms with Gasteiger partial charge in [0.05, 0.1) is 6.04 Å². The first-order valence-electron chi connectivity index (χ1n) is 5.90. The van der Waals surface area contributed by atoms with Crippen LogP contribution in [0.1, 0.15) is 38.5 Å². The van der Waals surface area contributed by atoms with E-state index >= 15 is 0 Å². The molecular weight excluding hydrogens is 176 g/mol. The van der Waals surface area contributed by atoms with E-state index in [1.165, 1.54) is 32.1 Å². The van der Waals surface area contributed by atoms with E-state index in [1.807, 2.05) is 4.90 Å². The fourth-order valence-corrected chi connectivity index (χ4v) is 2.40. The molecule has 1 N–H and O–H groups in total. The predicted octanol–water partition coefficient (Wildman–Crippen LogP) is 1.14. The van der Waals surface area contributed by atoms with Crippen LogP contribution in [0.3, 0.4) is 0 Å². The number of carbonyl (C=O) groups excluding carboxylic acids is 1. The lowest BCUT2D eigenvalue weighted by Gasteiger charge is -2.22. The van der Waals surface area contributed by atoms with Crippen molar-refractivity contribution in [3.05, 3.63) is 0 Å². The minimum atomic E-state index is 0.121. The van der Waals surface area contributed by atoms with Crippen LogP contribution in [0.15, 0.2) is 0 Å². The molecule has 1 unspecified atom stereocenters. The normalized spacial score (nSPS) is 28.9. The lowest BCUT2D eigenvalue weighted by molar-refractivity contribution is -0.132. The van der Waals surface area contributed by atoms with E-state index in [1.54, 1.807) is 0 Å². The first-order valence-corrected chi connectivity index (χ1v) is 5.90. The van der Waals surface area contributed by atoms with Crippen molar-refractivity contribution in [1.82, 2.24) is 10.2 Å². The van der Waals surface area contributed by atoms with Gasteiger partial charge in [0.1, 0.15) is 0 Å². The van der Waals surface area contributed by atoms with Gasteiger partial charge in [-0.05, 0) is 32.2 Å². The second-order valence-electron chi connectivity index (χ2n) is 4.39. The number of amides is 1.